The molecule has 0 aliphatic heterocycles. The number of aromatic amines is 1. The van der Waals surface area contributed by atoms with Gasteiger partial charge in [0.15, 0.2) is 5.69 Å². The second-order valence-electron chi connectivity index (χ2n) is 3.69. The van der Waals surface area contributed by atoms with Gasteiger partial charge in [-0.2, -0.15) is 10.2 Å². The summed E-state index contributed by atoms with van der Waals surface area (Å²) in [5, 5.41) is 19.7. The number of aromatic hydroxyl groups is 1. The van der Waals surface area contributed by atoms with Crippen LogP contribution in [0, 0.1) is 6.92 Å². The van der Waals surface area contributed by atoms with Gasteiger partial charge in [0, 0.05) is 11.3 Å². The second kappa shape index (κ2) is 5.13. The lowest BCUT2D eigenvalue weighted by Crippen LogP contribution is -2.18. The Hall–Kier alpha value is -2.63. The standard InChI is InChI=1S/C12H12N4O2/c1-8-6-10(15-14-8)12(18)16-13-7-9-4-2-3-5-11(9)17/h2-7,17H,1H3,(H,14,15)(H,16,18)/b13-7+. The van der Waals surface area contributed by atoms with E-state index in [0.29, 0.717) is 5.56 Å². The van der Waals surface area contributed by atoms with Crippen LogP contribution in [0.2, 0.25) is 0 Å². The normalized spacial score (nSPS) is 10.7. The van der Waals surface area contributed by atoms with E-state index in [1.54, 1.807) is 37.3 Å². The summed E-state index contributed by atoms with van der Waals surface area (Å²) in [7, 11) is 0. The Labute approximate surface area is 103 Å². The third-order valence-corrected chi connectivity index (χ3v) is 2.25. The van der Waals surface area contributed by atoms with Crippen molar-refractivity contribution in [2.75, 3.05) is 0 Å². The molecule has 0 aliphatic carbocycles. The number of hydrazone groups is 1. The molecule has 1 amide bonds. The van der Waals surface area contributed by atoms with Crippen molar-refractivity contribution in [3.63, 3.8) is 0 Å². The number of carbonyl (C=O) groups is 1. The fourth-order valence-electron chi connectivity index (χ4n) is 1.35. The molecular formula is C12H12N4O2. The average Bonchev–Trinajstić information content (AvgIpc) is 2.78. The first-order valence-electron chi connectivity index (χ1n) is 5.30. The summed E-state index contributed by atoms with van der Waals surface area (Å²) >= 11 is 0. The molecule has 0 atom stereocenters. The molecule has 0 aliphatic rings. The average molecular weight is 244 g/mol. The number of amides is 1. The maximum atomic E-state index is 11.6. The molecule has 1 aromatic carbocycles. The van der Waals surface area contributed by atoms with E-state index in [9.17, 15) is 9.90 Å². The molecule has 92 valence electrons. The highest BCUT2D eigenvalue weighted by Crippen LogP contribution is 2.12. The van der Waals surface area contributed by atoms with Crippen molar-refractivity contribution in [2.24, 2.45) is 5.10 Å². The predicted molar refractivity (Wildman–Crippen MR) is 66.5 cm³/mol. The lowest BCUT2D eigenvalue weighted by Gasteiger charge is -1.97. The molecule has 2 rings (SSSR count). The van der Waals surface area contributed by atoms with Crippen molar-refractivity contribution in [1.29, 1.82) is 0 Å². The van der Waals surface area contributed by atoms with Crippen LogP contribution in [0.5, 0.6) is 5.75 Å². The largest absolute Gasteiger partial charge is 0.507 e. The van der Waals surface area contributed by atoms with Crippen molar-refractivity contribution in [3.8, 4) is 5.75 Å². The monoisotopic (exact) mass is 244 g/mol. The molecule has 0 fully saturated rings. The van der Waals surface area contributed by atoms with Crippen LogP contribution in [0.1, 0.15) is 21.7 Å². The maximum Gasteiger partial charge on any atom is 0.291 e. The highest BCUT2D eigenvalue weighted by atomic mass is 16.3. The van der Waals surface area contributed by atoms with Gasteiger partial charge in [-0.15, -0.1) is 0 Å². The molecule has 0 saturated heterocycles. The van der Waals surface area contributed by atoms with E-state index in [1.165, 1.54) is 6.21 Å². The Balaban J connectivity index is 2.00. The molecule has 0 bridgehead atoms. The summed E-state index contributed by atoms with van der Waals surface area (Å²) in [6, 6.07) is 8.31. The number of para-hydroxylation sites is 1. The van der Waals surface area contributed by atoms with Crippen LogP contribution in [-0.4, -0.2) is 27.4 Å². The van der Waals surface area contributed by atoms with E-state index >= 15 is 0 Å². The van der Waals surface area contributed by atoms with Crippen LogP contribution in [0.25, 0.3) is 0 Å². The summed E-state index contributed by atoms with van der Waals surface area (Å²) in [6.45, 7) is 1.80. The Kier molecular flexibility index (Phi) is 3.38. The van der Waals surface area contributed by atoms with E-state index in [2.05, 4.69) is 20.7 Å². The molecule has 2 aromatic rings. The van der Waals surface area contributed by atoms with Crippen LogP contribution in [-0.2, 0) is 0 Å². The van der Waals surface area contributed by atoms with Crippen LogP contribution < -0.4 is 5.43 Å². The van der Waals surface area contributed by atoms with Gasteiger partial charge >= 0.3 is 0 Å². The van der Waals surface area contributed by atoms with Gasteiger partial charge in [0.05, 0.1) is 6.21 Å². The number of phenolic OH excluding ortho intramolecular Hbond substituents is 1. The number of hydrogen-bond donors (Lipinski definition) is 3. The number of nitrogens with zero attached hydrogens (tertiary/aromatic N) is 2. The number of nitrogens with one attached hydrogen (secondary N) is 2. The topological polar surface area (TPSA) is 90.4 Å². The lowest BCUT2D eigenvalue weighted by atomic mass is 10.2. The summed E-state index contributed by atoms with van der Waals surface area (Å²) in [5.41, 5.74) is 3.91. The van der Waals surface area contributed by atoms with Crippen molar-refractivity contribution < 1.29 is 9.90 Å². The SMILES string of the molecule is Cc1cc(C(=O)N/N=C/c2ccccc2O)n[nH]1. The van der Waals surface area contributed by atoms with Gasteiger partial charge in [0.1, 0.15) is 5.75 Å². The zero-order valence-corrected chi connectivity index (χ0v) is 9.71. The van der Waals surface area contributed by atoms with Gasteiger partial charge in [-0.05, 0) is 25.1 Å². The zero-order chi connectivity index (χ0) is 13.0. The van der Waals surface area contributed by atoms with E-state index in [1.807, 2.05) is 0 Å². The van der Waals surface area contributed by atoms with Gasteiger partial charge in [-0.3, -0.25) is 9.89 Å². The fraction of sp³-hybridized carbons (Fsp3) is 0.0833. The Morgan fingerprint density at radius 3 is 2.94 bits per heavy atom. The van der Waals surface area contributed by atoms with E-state index < -0.39 is 5.91 Å². The van der Waals surface area contributed by atoms with Crippen LogP contribution in [0.4, 0.5) is 0 Å². The van der Waals surface area contributed by atoms with Gasteiger partial charge in [-0.1, -0.05) is 12.1 Å². The van der Waals surface area contributed by atoms with Crippen molar-refractivity contribution in [1.82, 2.24) is 15.6 Å². The summed E-state index contributed by atoms with van der Waals surface area (Å²) in [4.78, 5) is 11.6. The smallest absolute Gasteiger partial charge is 0.291 e. The minimum absolute atomic E-state index is 0.103. The minimum atomic E-state index is -0.411. The number of carbonyl (C=O) groups excluding carboxylic acids is 1. The number of aryl methyl sites for hydroxylation is 1. The molecule has 0 saturated carbocycles. The Morgan fingerprint density at radius 2 is 2.28 bits per heavy atom. The Morgan fingerprint density at radius 1 is 1.50 bits per heavy atom. The van der Waals surface area contributed by atoms with Crippen molar-refractivity contribution in [2.45, 2.75) is 6.92 Å². The van der Waals surface area contributed by atoms with E-state index in [4.69, 9.17) is 0 Å². The fourth-order valence-corrected chi connectivity index (χ4v) is 1.35. The molecule has 18 heavy (non-hydrogen) atoms. The Bertz CT molecular complexity index is 589. The molecule has 1 heterocycles. The molecule has 6 heteroatoms. The summed E-state index contributed by atoms with van der Waals surface area (Å²) in [6.07, 6.45) is 1.37. The molecule has 1 aromatic heterocycles. The van der Waals surface area contributed by atoms with Crippen LogP contribution in [0.15, 0.2) is 35.4 Å². The first-order valence-corrected chi connectivity index (χ1v) is 5.30. The number of benzene rings is 1. The number of H-pyrrole nitrogens is 1. The highest BCUT2D eigenvalue weighted by Gasteiger charge is 2.07. The third-order valence-electron chi connectivity index (χ3n) is 2.25. The zero-order valence-electron chi connectivity index (χ0n) is 9.71. The van der Waals surface area contributed by atoms with Gasteiger partial charge < -0.3 is 5.11 Å². The molecule has 0 unspecified atom stereocenters. The van der Waals surface area contributed by atoms with Crippen LogP contribution in [0.3, 0.4) is 0 Å². The first kappa shape index (κ1) is 11.8. The van der Waals surface area contributed by atoms with Gasteiger partial charge in [0.25, 0.3) is 5.91 Å². The molecular weight excluding hydrogens is 232 g/mol. The number of rotatable bonds is 3. The molecule has 0 spiro atoms. The van der Waals surface area contributed by atoms with Crippen molar-refractivity contribution in [3.05, 3.63) is 47.3 Å². The quantitative estimate of drug-likeness (QED) is 0.559. The lowest BCUT2D eigenvalue weighted by molar-refractivity contribution is 0.0950. The predicted octanol–water partition coefficient (Wildman–Crippen LogP) is 1.19. The number of hydrogen-bond acceptors (Lipinski definition) is 4. The maximum absolute atomic E-state index is 11.6. The molecule has 6 nitrogen and oxygen atoms in total. The number of aromatic nitrogens is 2. The molecule has 3 N–H and O–H groups in total. The summed E-state index contributed by atoms with van der Waals surface area (Å²) in [5.74, 6) is -0.308. The van der Waals surface area contributed by atoms with E-state index in [-0.39, 0.29) is 11.4 Å². The van der Waals surface area contributed by atoms with Crippen molar-refractivity contribution >= 4 is 12.1 Å². The highest BCUT2D eigenvalue weighted by molar-refractivity contribution is 5.93. The first-order chi connectivity index (χ1) is 8.66. The number of phenols is 1. The summed E-state index contributed by atoms with van der Waals surface area (Å²) < 4.78 is 0. The molecule has 0 radical (unpaired) electrons. The third kappa shape index (κ3) is 2.73. The van der Waals surface area contributed by atoms with Gasteiger partial charge in [0.2, 0.25) is 0 Å². The second-order valence-corrected chi connectivity index (χ2v) is 3.69. The minimum Gasteiger partial charge on any atom is -0.507 e. The van der Waals surface area contributed by atoms with Gasteiger partial charge in [-0.25, -0.2) is 5.43 Å². The van der Waals surface area contributed by atoms with E-state index in [0.717, 1.165) is 5.69 Å². The van der Waals surface area contributed by atoms with Crippen LogP contribution >= 0.6 is 0 Å².